The van der Waals surface area contributed by atoms with Gasteiger partial charge in [0.2, 0.25) is 5.88 Å². The third kappa shape index (κ3) is 6.15. The standard InChI is InChI=1S/C19H21N3O3/c1-13-9-15(11-20)10-17(22-13)24-16-7-5-14(6-8-16)12-21-18(23)25-19(2,3)4/h5-10H,12H2,1-4H3,(H,21,23). The lowest BCUT2D eigenvalue weighted by Crippen LogP contribution is -2.32. The van der Waals surface area contributed by atoms with Crippen LogP contribution in [0.1, 0.15) is 37.6 Å². The Balaban J connectivity index is 1.95. The number of hydrogen-bond donors (Lipinski definition) is 1. The van der Waals surface area contributed by atoms with Crippen LogP contribution in [-0.4, -0.2) is 16.7 Å². The minimum absolute atomic E-state index is 0.358. The summed E-state index contributed by atoms with van der Waals surface area (Å²) in [4.78, 5) is 15.9. The molecule has 1 aromatic carbocycles. The maximum absolute atomic E-state index is 11.6. The molecule has 0 unspecified atom stereocenters. The molecule has 130 valence electrons. The number of benzene rings is 1. The van der Waals surface area contributed by atoms with Crippen molar-refractivity contribution in [2.75, 3.05) is 0 Å². The molecule has 1 amide bonds. The molecule has 6 nitrogen and oxygen atoms in total. The summed E-state index contributed by atoms with van der Waals surface area (Å²) in [6.45, 7) is 7.61. The molecule has 0 saturated carbocycles. The zero-order valence-corrected chi connectivity index (χ0v) is 14.8. The monoisotopic (exact) mass is 339 g/mol. The molecular weight excluding hydrogens is 318 g/mol. The molecule has 0 aliphatic rings. The van der Waals surface area contributed by atoms with Gasteiger partial charge >= 0.3 is 6.09 Å². The van der Waals surface area contributed by atoms with Crippen molar-refractivity contribution >= 4 is 6.09 Å². The molecule has 2 rings (SSSR count). The molecule has 0 bridgehead atoms. The highest BCUT2D eigenvalue weighted by Crippen LogP contribution is 2.21. The largest absolute Gasteiger partial charge is 0.444 e. The fourth-order valence-electron chi connectivity index (χ4n) is 2.04. The molecule has 1 N–H and O–H groups in total. The number of alkyl carbamates (subject to hydrolysis) is 1. The summed E-state index contributed by atoms with van der Waals surface area (Å²) in [5.74, 6) is 0.971. The summed E-state index contributed by atoms with van der Waals surface area (Å²) in [7, 11) is 0. The van der Waals surface area contributed by atoms with Crippen molar-refractivity contribution in [2.24, 2.45) is 0 Å². The first kappa shape index (κ1) is 18.3. The molecule has 1 aromatic heterocycles. The van der Waals surface area contributed by atoms with Crippen molar-refractivity contribution in [3.8, 4) is 17.7 Å². The summed E-state index contributed by atoms with van der Waals surface area (Å²) in [6, 6.07) is 12.6. The lowest BCUT2D eigenvalue weighted by atomic mass is 10.2. The van der Waals surface area contributed by atoms with E-state index in [2.05, 4.69) is 16.4 Å². The summed E-state index contributed by atoms with van der Waals surface area (Å²) >= 11 is 0. The van der Waals surface area contributed by atoms with Crippen LogP contribution in [0.3, 0.4) is 0 Å². The Morgan fingerprint density at radius 1 is 1.24 bits per heavy atom. The molecule has 0 aliphatic carbocycles. The Hall–Kier alpha value is -3.07. The number of carbonyl (C=O) groups excluding carboxylic acids is 1. The predicted molar refractivity (Wildman–Crippen MR) is 93.3 cm³/mol. The molecule has 0 fully saturated rings. The van der Waals surface area contributed by atoms with Gasteiger partial charge in [-0.1, -0.05) is 12.1 Å². The second kappa shape index (κ2) is 7.67. The maximum Gasteiger partial charge on any atom is 0.407 e. The number of rotatable bonds is 4. The van der Waals surface area contributed by atoms with Crippen LogP contribution in [0.5, 0.6) is 11.6 Å². The lowest BCUT2D eigenvalue weighted by Gasteiger charge is -2.19. The van der Waals surface area contributed by atoms with Crippen molar-refractivity contribution in [1.29, 1.82) is 5.26 Å². The van der Waals surface area contributed by atoms with Crippen molar-refractivity contribution in [2.45, 2.75) is 39.8 Å². The molecule has 0 spiro atoms. The highest BCUT2D eigenvalue weighted by atomic mass is 16.6. The van der Waals surface area contributed by atoms with Gasteiger partial charge in [0.1, 0.15) is 11.4 Å². The quantitative estimate of drug-likeness (QED) is 0.907. The van der Waals surface area contributed by atoms with E-state index in [1.807, 2.05) is 32.9 Å². The Bertz CT molecular complexity index is 787. The number of ether oxygens (including phenoxy) is 2. The number of nitrogens with one attached hydrogen (secondary N) is 1. The fraction of sp³-hybridized carbons (Fsp3) is 0.316. The van der Waals surface area contributed by atoms with E-state index in [0.717, 1.165) is 5.56 Å². The number of nitriles is 1. The van der Waals surface area contributed by atoms with Gasteiger partial charge in [-0.15, -0.1) is 0 Å². The zero-order chi connectivity index (χ0) is 18.4. The molecule has 0 atom stereocenters. The molecule has 6 heteroatoms. The average molecular weight is 339 g/mol. The zero-order valence-electron chi connectivity index (χ0n) is 14.8. The van der Waals surface area contributed by atoms with Crippen molar-refractivity contribution in [1.82, 2.24) is 10.3 Å². The highest BCUT2D eigenvalue weighted by Gasteiger charge is 2.15. The number of aryl methyl sites for hydroxylation is 1. The van der Waals surface area contributed by atoms with Gasteiger partial charge < -0.3 is 14.8 Å². The molecule has 0 radical (unpaired) electrons. The van der Waals surface area contributed by atoms with Gasteiger partial charge in [-0.2, -0.15) is 5.26 Å². The molecule has 2 aromatic rings. The van der Waals surface area contributed by atoms with Gasteiger partial charge in [-0.25, -0.2) is 9.78 Å². The van der Waals surface area contributed by atoms with Gasteiger partial charge in [0.15, 0.2) is 0 Å². The smallest absolute Gasteiger partial charge is 0.407 e. The summed E-state index contributed by atoms with van der Waals surface area (Å²) < 4.78 is 10.9. The predicted octanol–water partition coefficient (Wildman–Crippen LogP) is 4.08. The first-order valence-electron chi connectivity index (χ1n) is 7.87. The number of aromatic nitrogens is 1. The number of pyridine rings is 1. The number of hydrogen-bond acceptors (Lipinski definition) is 5. The summed E-state index contributed by atoms with van der Waals surface area (Å²) in [5, 5.41) is 11.7. The van der Waals surface area contributed by atoms with Crippen molar-refractivity contribution in [3.05, 3.63) is 53.2 Å². The Morgan fingerprint density at radius 2 is 1.92 bits per heavy atom. The van der Waals surface area contributed by atoms with Crippen LogP contribution in [0.25, 0.3) is 0 Å². The van der Waals surface area contributed by atoms with E-state index >= 15 is 0 Å². The molecule has 0 saturated heterocycles. The highest BCUT2D eigenvalue weighted by molar-refractivity contribution is 5.67. The lowest BCUT2D eigenvalue weighted by molar-refractivity contribution is 0.0523. The van der Waals surface area contributed by atoms with Crippen LogP contribution in [0.4, 0.5) is 4.79 Å². The van der Waals surface area contributed by atoms with Crippen LogP contribution in [0.15, 0.2) is 36.4 Å². The van der Waals surface area contributed by atoms with Crippen LogP contribution in [0.2, 0.25) is 0 Å². The van der Waals surface area contributed by atoms with Gasteiger partial charge in [0, 0.05) is 18.3 Å². The summed E-state index contributed by atoms with van der Waals surface area (Å²) in [6.07, 6.45) is -0.458. The number of amides is 1. The summed E-state index contributed by atoms with van der Waals surface area (Å²) in [5.41, 5.74) is 1.60. The Morgan fingerprint density at radius 3 is 2.52 bits per heavy atom. The fourth-order valence-corrected chi connectivity index (χ4v) is 2.04. The van der Waals surface area contributed by atoms with Crippen LogP contribution in [0, 0.1) is 18.3 Å². The van der Waals surface area contributed by atoms with Gasteiger partial charge in [0.05, 0.1) is 11.6 Å². The second-order valence-electron chi connectivity index (χ2n) is 6.55. The Kier molecular flexibility index (Phi) is 5.60. The third-order valence-corrected chi connectivity index (χ3v) is 3.04. The van der Waals surface area contributed by atoms with E-state index in [1.54, 1.807) is 31.2 Å². The third-order valence-electron chi connectivity index (χ3n) is 3.04. The van der Waals surface area contributed by atoms with E-state index in [-0.39, 0.29) is 0 Å². The minimum Gasteiger partial charge on any atom is -0.444 e. The van der Waals surface area contributed by atoms with Gasteiger partial charge in [-0.05, 0) is 51.5 Å². The average Bonchev–Trinajstić information content (AvgIpc) is 2.52. The van der Waals surface area contributed by atoms with Crippen molar-refractivity contribution in [3.63, 3.8) is 0 Å². The SMILES string of the molecule is Cc1cc(C#N)cc(Oc2ccc(CNC(=O)OC(C)(C)C)cc2)n1. The normalized spacial score (nSPS) is 10.7. The van der Waals surface area contributed by atoms with Gasteiger partial charge in [-0.3, -0.25) is 0 Å². The molecule has 1 heterocycles. The van der Waals surface area contributed by atoms with Crippen LogP contribution < -0.4 is 10.1 Å². The maximum atomic E-state index is 11.6. The Labute approximate surface area is 147 Å². The first-order chi connectivity index (χ1) is 11.7. The van der Waals surface area contributed by atoms with Crippen LogP contribution >= 0.6 is 0 Å². The van der Waals surface area contributed by atoms with E-state index in [0.29, 0.717) is 29.4 Å². The topological polar surface area (TPSA) is 84.2 Å². The molecule has 0 aliphatic heterocycles. The second-order valence-corrected chi connectivity index (χ2v) is 6.55. The number of carbonyl (C=O) groups is 1. The van der Waals surface area contributed by atoms with Crippen LogP contribution in [-0.2, 0) is 11.3 Å². The first-order valence-corrected chi connectivity index (χ1v) is 7.87. The van der Waals surface area contributed by atoms with E-state index in [9.17, 15) is 4.79 Å². The van der Waals surface area contributed by atoms with Crippen molar-refractivity contribution < 1.29 is 14.3 Å². The van der Waals surface area contributed by atoms with E-state index < -0.39 is 11.7 Å². The minimum atomic E-state index is -0.523. The van der Waals surface area contributed by atoms with E-state index in [1.165, 1.54) is 0 Å². The number of nitrogens with zero attached hydrogens (tertiary/aromatic N) is 2. The molecule has 25 heavy (non-hydrogen) atoms. The molecular formula is C19H21N3O3. The van der Waals surface area contributed by atoms with Gasteiger partial charge in [0.25, 0.3) is 0 Å². The van der Waals surface area contributed by atoms with E-state index in [4.69, 9.17) is 14.7 Å².